The van der Waals surface area contributed by atoms with Gasteiger partial charge in [0.15, 0.2) is 0 Å². The Balaban J connectivity index is 1.83. The number of furan rings is 1. The number of ether oxygens (including phenoxy) is 1. The standard InChI is InChI=1S/C16H28N2O2/c1-4-17-9-16-8-15(13(2)20-16)11-18(3)10-14-6-5-7-19-12-14/h8,14,17H,4-7,9-12H2,1-3H3. The van der Waals surface area contributed by atoms with Crippen molar-refractivity contribution in [1.29, 1.82) is 0 Å². The lowest BCUT2D eigenvalue weighted by atomic mass is 10.0. The van der Waals surface area contributed by atoms with Gasteiger partial charge in [0.25, 0.3) is 0 Å². The molecule has 4 nitrogen and oxygen atoms in total. The molecule has 1 saturated heterocycles. The van der Waals surface area contributed by atoms with Gasteiger partial charge in [0, 0.05) is 25.3 Å². The van der Waals surface area contributed by atoms with Gasteiger partial charge in [0.1, 0.15) is 11.5 Å². The second-order valence-corrected chi connectivity index (χ2v) is 5.85. The second-order valence-electron chi connectivity index (χ2n) is 5.85. The number of hydrogen-bond acceptors (Lipinski definition) is 4. The Morgan fingerprint density at radius 2 is 2.30 bits per heavy atom. The Morgan fingerprint density at radius 3 is 3.00 bits per heavy atom. The molecule has 0 aromatic carbocycles. The minimum absolute atomic E-state index is 0.683. The van der Waals surface area contributed by atoms with E-state index in [4.69, 9.17) is 9.15 Å². The van der Waals surface area contributed by atoms with Crippen molar-refractivity contribution >= 4 is 0 Å². The molecule has 2 rings (SSSR count). The van der Waals surface area contributed by atoms with Gasteiger partial charge in [-0.1, -0.05) is 6.92 Å². The highest BCUT2D eigenvalue weighted by molar-refractivity contribution is 5.20. The fourth-order valence-electron chi connectivity index (χ4n) is 2.83. The Labute approximate surface area is 122 Å². The quantitative estimate of drug-likeness (QED) is 0.833. The van der Waals surface area contributed by atoms with Crippen molar-refractivity contribution < 1.29 is 9.15 Å². The van der Waals surface area contributed by atoms with Crippen LogP contribution >= 0.6 is 0 Å². The Hall–Kier alpha value is -0.840. The van der Waals surface area contributed by atoms with Crippen molar-refractivity contribution in [2.24, 2.45) is 5.92 Å². The van der Waals surface area contributed by atoms with Crippen LogP contribution in [0.25, 0.3) is 0 Å². The molecule has 1 aliphatic heterocycles. The maximum absolute atomic E-state index is 5.79. The van der Waals surface area contributed by atoms with Crippen LogP contribution < -0.4 is 5.32 Å². The van der Waals surface area contributed by atoms with Crippen LogP contribution in [0.5, 0.6) is 0 Å². The number of nitrogens with zero attached hydrogens (tertiary/aromatic N) is 1. The summed E-state index contributed by atoms with van der Waals surface area (Å²) in [6.07, 6.45) is 2.50. The van der Waals surface area contributed by atoms with Crippen LogP contribution in [0.1, 0.15) is 36.8 Å². The van der Waals surface area contributed by atoms with E-state index in [1.807, 2.05) is 0 Å². The van der Waals surface area contributed by atoms with Gasteiger partial charge in [-0.05, 0) is 45.3 Å². The fourth-order valence-corrected chi connectivity index (χ4v) is 2.83. The molecule has 1 fully saturated rings. The maximum Gasteiger partial charge on any atom is 0.118 e. The maximum atomic E-state index is 5.79. The number of hydrogen-bond donors (Lipinski definition) is 1. The van der Waals surface area contributed by atoms with E-state index in [0.717, 1.165) is 50.9 Å². The van der Waals surface area contributed by atoms with Crippen LogP contribution in [0.2, 0.25) is 0 Å². The van der Waals surface area contributed by atoms with Crippen LogP contribution in [-0.4, -0.2) is 38.3 Å². The summed E-state index contributed by atoms with van der Waals surface area (Å²) < 4.78 is 11.3. The van der Waals surface area contributed by atoms with Gasteiger partial charge in [0.05, 0.1) is 13.2 Å². The molecular formula is C16H28N2O2. The molecule has 0 saturated carbocycles. The molecule has 1 aliphatic rings. The largest absolute Gasteiger partial charge is 0.465 e. The smallest absolute Gasteiger partial charge is 0.118 e. The predicted octanol–water partition coefficient (Wildman–Crippen LogP) is 2.56. The lowest BCUT2D eigenvalue weighted by Crippen LogP contribution is -2.30. The first-order valence-corrected chi connectivity index (χ1v) is 7.74. The van der Waals surface area contributed by atoms with Crippen LogP contribution in [-0.2, 0) is 17.8 Å². The zero-order valence-corrected chi connectivity index (χ0v) is 13.1. The zero-order valence-electron chi connectivity index (χ0n) is 13.1. The van der Waals surface area contributed by atoms with Crippen molar-refractivity contribution in [3.05, 3.63) is 23.2 Å². The van der Waals surface area contributed by atoms with Gasteiger partial charge in [-0.15, -0.1) is 0 Å². The number of rotatable bonds is 7. The SMILES string of the molecule is CCNCc1cc(CN(C)CC2CCCOC2)c(C)o1. The normalized spacial score (nSPS) is 19.7. The topological polar surface area (TPSA) is 37.6 Å². The molecule has 2 heterocycles. The summed E-state index contributed by atoms with van der Waals surface area (Å²) in [5.74, 6) is 2.76. The Morgan fingerprint density at radius 1 is 1.45 bits per heavy atom. The molecule has 0 radical (unpaired) electrons. The lowest BCUT2D eigenvalue weighted by Gasteiger charge is -2.26. The van der Waals surface area contributed by atoms with E-state index in [-0.39, 0.29) is 0 Å². The first kappa shape index (κ1) is 15.5. The summed E-state index contributed by atoms with van der Waals surface area (Å²) in [5, 5.41) is 3.30. The molecule has 0 spiro atoms. The third-order valence-corrected chi connectivity index (χ3v) is 3.89. The molecular weight excluding hydrogens is 252 g/mol. The summed E-state index contributed by atoms with van der Waals surface area (Å²) >= 11 is 0. The molecule has 1 atom stereocenters. The number of aryl methyl sites for hydroxylation is 1. The summed E-state index contributed by atoms with van der Waals surface area (Å²) in [7, 11) is 2.19. The first-order chi connectivity index (χ1) is 9.69. The minimum atomic E-state index is 0.683. The molecule has 114 valence electrons. The minimum Gasteiger partial charge on any atom is -0.465 e. The van der Waals surface area contributed by atoms with E-state index < -0.39 is 0 Å². The van der Waals surface area contributed by atoms with Crippen LogP contribution in [0.3, 0.4) is 0 Å². The van der Waals surface area contributed by atoms with Gasteiger partial charge in [-0.25, -0.2) is 0 Å². The molecule has 1 aromatic rings. The molecule has 4 heteroatoms. The monoisotopic (exact) mass is 280 g/mol. The van der Waals surface area contributed by atoms with Gasteiger partial charge in [0.2, 0.25) is 0 Å². The van der Waals surface area contributed by atoms with Gasteiger partial charge >= 0.3 is 0 Å². The average Bonchev–Trinajstić information content (AvgIpc) is 2.78. The van der Waals surface area contributed by atoms with Crippen LogP contribution in [0, 0.1) is 12.8 Å². The zero-order chi connectivity index (χ0) is 14.4. The Kier molecular flexibility index (Phi) is 6.07. The van der Waals surface area contributed by atoms with Crippen molar-refractivity contribution in [1.82, 2.24) is 10.2 Å². The highest BCUT2D eigenvalue weighted by Crippen LogP contribution is 2.19. The molecule has 0 bridgehead atoms. The van der Waals surface area contributed by atoms with Crippen molar-refractivity contribution in [2.75, 3.05) is 33.4 Å². The van der Waals surface area contributed by atoms with Crippen molar-refractivity contribution in [2.45, 2.75) is 39.8 Å². The van der Waals surface area contributed by atoms with E-state index >= 15 is 0 Å². The average molecular weight is 280 g/mol. The van der Waals surface area contributed by atoms with Crippen LogP contribution in [0.15, 0.2) is 10.5 Å². The summed E-state index contributed by atoms with van der Waals surface area (Å²) in [4.78, 5) is 2.38. The Bertz CT molecular complexity index is 397. The van der Waals surface area contributed by atoms with E-state index in [2.05, 4.69) is 37.2 Å². The van der Waals surface area contributed by atoms with Crippen molar-refractivity contribution in [3.63, 3.8) is 0 Å². The van der Waals surface area contributed by atoms with E-state index in [1.54, 1.807) is 0 Å². The van der Waals surface area contributed by atoms with Gasteiger partial charge < -0.3 is 19.4 Å². The highest BCUT2D eigenvalue weighted by Gasteiger charge is 2.17. The first-order valence-electron chi connectivity index (χ1n) is 7.74. The van der Waals surface area contributed by atoms with Crippen molar-refractivity contribution in [3.8, 4) is 0 Å². The third kappa shape index (κ3) is 4.62. The summed E-state index contributed by atoms with van der Waals surface area (Å²) in [6.45, 7) is 9.87. The fraction of sp³-hybridized carbons (Fsp3) is 0.750. The predicted molar refractivity (Wildman–Crippen MR) is 80.7 cm³/mol. The number of nitrogens with one attached hydrogen (secondary N) is 1. The molecule has 0 aliphatic carbocycles. The third-order valence-electron chi connectivity index (χ3n) is 3.89. The molecule has 1 unspecified atom stereocenters. The molecule has 1 aromatic heterocycles. The van der Waals surface area contributed by atoms with Crippen LogP contribution in [0.4, 0.5) is 0 Å². The molecule has 1 N–H and O–H groups in total. The summed E-state index contributed by atoms with van der Waals surface area (Å²) in [5.41, 5.74) is 1.30. The van der Waals surface area contributed by atoms with E-state index in [9.17, 15) is 0 Å². The molecule has 0 amide bonds. The second kappa shape index (κ2) is 7.81. The van der Waals surface area contributed by atoms with E-state index in [1.165, 1.54) is 18.4 Å². The molecule has 20 heavy (non-hydrogen) atoms. The highest BCUT2D eigenvalue weighted by atomic mass is 16.5. The lowest BCUT2D eigenvalue weighted by molar-refractivity contribution is 0.0411. The van der Waals surface area contributed by atoms with Gasteiger partial charge in [-0.2, -0.15) is 0 Å². The summed E-state index contributed by atoms with van der Waals surface area (Å²) in [6, 6.07) is 2.19. The van der Waals surface area contributed by atoms with Gasteiger partial charge in [-0.3, -0.25) is 0 Å². The van der Waals surface area contributed by atoms with E-state index in [0.29, 0.717) is 5.92 Å².